The Labute approximate surface area is 187 Å². The van der Waals surface area contributed by atoms with Gasteiger partial charge in [0.05, 0.1) is 25.5 Å². The molecule has 0 saturated carbocycles. The molecule has 0 spiro atoms. The van der Waals surface area contributed by atoms with Gasteiger partial charge in [-0.25, -0.2) is 9.37 Å². The Hall–Kier alpha value is -2.78. The topological polar surface area (TPSA) is 65.0 Å². The quantitative estimate of drug-likeness (QED) is 0.715. The van der Waals surface area contributed by atoms with Crippen LogP contribution >= 0.6 is 0 Å². The molecule has 1 aromatic carbocycles. The van der Waals surface area contributed by atoms with E-state index in [9.17, 15) is 9.18 Å². The SMILES string of the molecule is CN1CCN(c2nc3c(c(N4CCOCC4)n2)CN(C(=O)c2cccc(F)c2)CC3)CC1. The summed E-state index contributed by atoms with van der Waals surface area (Å²) in [6, 6.07) is 5.89. The molecule has 1 amide bonds. The van der Waals surface area contributed by atoms with Crippen molar-refractivity contribution in [1.82, 2.24) is 19.8 Å². The van der Waals surface area contributed by atoms with Crippen LogP contribution in [-0.2, 0) is 17.7 Å². The second-order valence-corrected chi connectivity index (χ2v) is 8.65. The van der Waals surface area contributed by atoms with E-state index >= 15 is 0 Å². The minimum absolute atomic E-state index is 0.161. The van der Waals surface area contributed by atoms with E-state index < -0.39 is 5.82 Å². The molecule has 9 heteroatoms. The zero-order valence-corrected chi connectivity index (χ0v) is 18.5. The smallest absolute Gasteiger partial charge is 0.254 e. The Morgan fingerprint density at radius 3 is 2.53 bits per heavy atom. The van der Waals surface area contributed by atoms with Crippen LogP contribution in [0, 0.1) is 5.82 Å². The summed E-state index contributed by atoms with van der Waals surface area (Å²) < 4.78 is 19.2. The zero-order chi connectivity index (χ0) is 22.1. The number of carbonyl (C=O) groups is 1. The number of carbonyl (C=O) groups excluding carboxylic acids is 1. The molecule has 1 aromatic heterocycles. The first kappa shape index (κ1) is 21.1. The van der Waals surface area contributed by atoms with Gasteiger partial charge < -0.3 is 24.3 Å². The third-order valence-electron chi connectivity index (χ3n) is 6.48. The number of rotatable bonds is 3. The molecule has 2 fully saturated rings. The minimum Gasteiger partial charge on any atom is -0.378 e. The molecule has 3 aliphatic rings. The van der Waals surface area contributed by atoms with E-state index in [-0.39, 0.29) is 5.91 Å². The van der Waals surface area contributed by atoms with E-state index in [0.717, 1.165) is 62.3 Å². The van der Waals surface area contributed by atoms with Crippen LogP contribution in [0.1, 0.15) is 21.6 Å². The third-order valence-corrected chi connectivity index (χ3v) is 6.48. The van der Waals surface area contributed by atoms with Gasteiger partial charge in [-0.15, -0.1) is 0 Å². The number of likely N-dealkylation sites (N-methyl/N-ethyl adjacent to an activating group) is 1. The van der Waals surface area contributed by atoms with Crippen molar-refractivity contribution in [3.63, 3.8) is 0 Å². The molecule has 8 nitrogen and oxygen atoms in total. The maximum Gasteiger partial charge on any atom is 0.254 e. The number of benzene rings is 1. The summed E-state index contributed by atoms with van der Waals surface area (Å²) in [5.41, 5.74) is 2.39. The lowest BCUT2D eigenvalue weighted by Crippen LogP contribution is -2.46. The molecule has 2 saturated heterocycles. The van der Waals surface area contributed by atoms with Crippen LogP contribution < -0.4 is 9.80 Å². The standard InChI is InChI=1S/C23H29FN6O2/c1-27-7-9-29(10-8-27)23-25-20-5-6-30(22(31)17-3-2-4-18(24)15-17)16-19(20)21(26-23)28-11-13-32-14-12-28/h2-4,15H,5-14,16H2,1H3. The normalized spacial score (nSPS) is 19.8. The molecule has 0 unspecified atom stereocenters. The molecule has 0 atom stereocenters. The second kappa shape index (κ2) is 8.99. The average molecular weight is 441 g/mol. The number of piperazine rings is 1. The van der Waals surface area contributed by atoms with E-state index in [1.165, 1.54) is 12.1 Å². The van der Waals surface area contributed by atoms with Crippen molar-refractivity contribution in [3.8, 4) is 0 Å². The van der Waals surface area contributed by atoms with Gasteiger partial charge in [0.1, 0.15) is 11.6 Å². The molecule has 0 bridgehead atoms. The lowest BCUT2D eigenvalue weighted by atomic mass is 10.0. The van der Waals surface area contributed by atoms with Gasteiger partial charge in [0.15, 0.2) is 0 Å². The van der Waals surface area contributed by atoms with Crippen molar-refractivity contribution in [3.05, 3.63) is 46.9 Å². The van der Waals surface area contributed by atoms with Gasteiger partial charge in [0.25, 0.3) is 5.91 Å². The molecule has 170 valence electrons. The number of anilines is 2. The van der Waals surface area contributed by atoms with Crippen LogP contribution in [0.15, 0.2) is 24.3 Å². The Morgan fingerprint density at radius 2 is 1.78 bits per heavy atom. The number of nitrogens with zero attached hydrogens (tertiary/aromatic N) is 6. The fourth-order valence-electron chi connectivity index (χ4n) is 4.55. The molecular formula is C23H29FN6O2. The fraction of sp³-hybridized carbons (Fsp3) is 0.522. The van der Waals surface area contributed by atoms with E-state index in [1.54, 1.807) is 17.0 Å². The number of morpholine rings is 1. The number of hydrogen-bond donors (Lipinski definition) is 0. The lowest BCUT2D eigenvalue weighted by Gasteiger charge is -2.37. The maximum atomic E-state index is 13.7. The first-order chi connectivity index (χ1) is 15.6. The summed E-state index contributed by atoms with van der Waals surface area (Å²) in [6.07, 6.45) is 0.664. The summed E-state index contributed by atoms with van der Waals surface area (Å²) in [4.78, 5) is 31.6. The van der Waals surface area contributed by atoms with E-state index in [0.29, 0.717) is 38.3 Å². The van der Waals surface area contributed by atoms with Gasteiger partial charge in [0.2, 0.25) is 5.95 Å². The van der Waals surface area contributed by atoms with Crippen LogP contribution in [0.3, 0.4) is 0 Å². The van der Waals surface area contributed by atoms with Gasteiger partial charge >= 0.3 is 0 Å². The monoisotopic (exact) mass is 440 g/mol. The first-order valence-corrected chi connectivity index (χ1v) is 11.3. The first-order valence-electron chi connectivity index (χ1n) is 11.3. The van der Waals surface area contributed by atoms with Crippen molar-refractivity contribution in [2.24, 2.45) is 0 Å². The predicted molar refractivity (Wildman–Crippen MR) is 120 cm³/mol. The van der Waals surface area contributed by atoms with Crippen molar-refractivity contribution < 1.29 is 13.9 Å². The zero-order valence-electron chi connectivity index (χ0n) is 18.5. The fourth-order valence-corrected chi connectivity index (χ4v) is 4.55. The Kier molecular flexibility index (Phi) is 5.93. The van der Waals surface area contributed by atoms with Crippen molar-refractivity contribution in [2.75, 3.05) is 75.9 Å². The number of ether oxygens (including phenoxy) is 1. The van der Waals surface area contributed by atoms with Crippen LogP contribution in [0.5, 0.6) is 0 Å². The molecule has 5 rings (SSSR count). The number of amides is 1. The Bertz CT molecular complexity index is 988. The van der Waals surface area contributed by atoms with Gasteiger partial charge in [0, 0.05) is 63.4 Å². The Balaban J connectivity index is 1.46. The summed E-state index contributed by atoms with van der Waals surface area (Å²) >= 11 is 0. The molecular weight excluding hydrogens is 411 g/mol. The predicted octanol–water partition coefficient (Wildman–Crippen LogP) is 1.40. The molecule has 32 heavy (non-hydrogen) atoms. The number of fused-ring (bicyclic) bond motifs is 1. The molecule has 0 radical (unpaired) electrons. The summed E-state index contributed by atoms with van der Waals surface area (Å²) in [6.45, 7) is 7.64. The van der Waals surface area contributed by atoms with Crippen molar-refractivity contribution in [2.45, 2.75) is 13.0 Å². The van der Waals surface area contributed by atoms with Crippen molar-refractivity contribution >= 4 is 17.7 Å². The van der Waals surface area contributed by atoms with Crippen LogP contribution in [0.25, 0.3) is 0 Å². The third kappa shape index (κ3) is 4.27. The lowest BCUT2D eigenvalue weighted by molar-refractivity contribution is 0.0732. The summed E-state index contributed by atoms with van der Waals surface area (Å²) in [5.74, 6) is 1.13. The number of halogens is 1. The van der Waals surface area contributed by atoms with Gasteiger partial charge in [-0.2, -0.15) is 4.98 Å². The van der Waals surface area contributed by atoms with E-state index in [2.05, 4.69) is 21.7 Å². The summed E-state index contributed by atoms with van der Waals surface area (Å²) in [7, 11) is 2.13. The van der Waals surface area contributed by atoms with Gasteiger partial charge in [-0.1, -0.05) is 6.07 Å². The number of hydrogen-bond acceptors (Lipinski definition) is 7. The highest BCUT2D eigenvalue weighted by Gasteiger charge is 2.30. The highest BCUT2D eigenvalue weighted by atomic mass is 19.1. The van der Waals surface area contributed by atoms with Crippen LogP contribution in [-0.4, -0.2) is 91.7 Å². The molecule has 4 heterocycles. The molecule has 2 aromatic rings. The maximum absolute atomic E-state index is 13.7. The van der Waals surface area contributed by atoms with E-state index in [1.807, 2.05) is 0 Å². The van der Waals surface area contributed by atoms with Crippen molar-refractivity contribution in [1.29, 1.82) is 0 Å². The number of aromatic nitrogens is 2. The Morgan fingerprint density at radius 1 is 1.00 bits per heavy atom. The highest BCUT2D eigenvalue weighted by Crippen LogP contribution is 2.30. The second-order valence-electron chi connectivity index (χ2n) is 8.65. The summed E-state index contributed by atoms with van der Waals surface area (Å²) in [5, 5.41) is 0. The van der Waals surface area contributed by atoms with E-state index in [4.69, 9.17) is 14.7 Å². The van der Waals surface area contributed by atoms with Gasteiger partial charge in [-0.05, 0) is 25.2 Å². The minimum atomic E-state index is -0.401. The van der Waals surface area contributed by atoms with Crippen LogP contribution in [0.4, 0.5) is 16.2 Å². The molecule has 0 aliphatic carbocycles. The van der Waals surface area contributed by atoms with Crippen LogP contribution in [0.2, 0.25) is 0 Å². The average Bonchev–Trinajstić information content (AvgIpc) is 2.83. The highest BCUT2D eigenvalue weighted by molar-refractivity contribution is 5.94. The van der Waals surface area contributed by atoms with Gasteiger partial charge in [-0.3, -0.25) is 4.79 Å². The molecule has 3 aliphatic heterocycles. The largest absolute Gasteiger partial charge is 0.378 e. The molecule has 0 N–H and O–H groups in total.